The van der Waals surface area contributed by atoms with Crippen molar-refractivity contribution in [1.82, 2.24) is 10.6 Å². The molecule has 0 amide bonds. The van der Waals surface area contributed by atoms with E-state index in [4.69, 9.17) is 14.2 Å². The van der Waals surface area contributed by atoms with Crippen molar-refractivity contribution < 1.29 is 19.0 Å². The lowest BCUT2D eigenvalue weighted by molar-refractivity contribution is -0.143. The van der Waals surface area contributed by atoms with Crippen molar-refractivity contribution in [1.29, 1.82) is 0 Å². The van der Waals surface area contributed by atoms with E-state index in [1.54, 1.807) is 7.05 Å². The molecular formula is C18H36IN3O4. The van der Waals surface area contributed by atoms with Crippen LogP contribution in [0.15, 0.2) is 4.99 Å². The first-order chi connectivity index (χ1) is 12.3. The molecule has 0 aliphatic carbocycles. The Bertz CT molecular complexity index is 377. The smallest absolute Gasteiger partial charge is 0.305 e. The maximum Gasteiger partial charge on any atom is 0.305 e. The van der Waals surface area contributed by atoms with Crippen LogP contribution < -0.4 is 10.6 Å². The van der Waals surface area contributed by atoms with Crippen LogP contribution in [0.3, 0.4) is 0 Å². The minimum Gasteiger partial charge on any atom is -0.466 e. The zero-order chi connectivity index (χ0) is 18.2. The van der Waals surface area contributed by atoms with Gasteiger partial charge in [0.15, 0.2) is 5.96 Å². The standard InChI is InChI=1S/C18H35N3O4.HI/c1-3-24-17(22)9-6-4-5-7-11-20-18(19-2)21-12-8-13-25-16-10-14-23-15-16;/h16H,3-15H2,1-2H3,(H2,19,20,21);1H. The van der Waals surface area contributed by atoms with Gasteiger partial charge in [0.05, 0.1) is 19.3 Å². The summed E-state index contributed by atoms with van der Waals surface area (Å²) in [6, 6.07) is 0. The molecule has 1 aliphatic rings. The molecule has 1 heterocycles. The van der Waals surface area contributed by atoms with Crippen LogP contribution >= 0.6 is 24.0 Å². The molecule has 1 saturated heterocycles. The highest BCUT2D eigenvalue weighted by atomic mass is 127. The monoisotopic (exact) mass is 485 g/mol. The normalized spacial score (nSPS) is 16.8. The number of nitrogens with one attached hydrogen (secondary N) is 2. The second-order valence-corrected chi connectivity index (χ2v) is 6.10. The SMILES string of the molecule is CCOC(=O)CCCCCCNC(=NC)NCCCOC1CCOC1.I. The second-order valence-electron chi connectivity index (χ2n) is 6.10. The van der Waals surface area contributed by atoms with E-state index in [1.807, 2.05) is 6.92 Å². The molecule has 0 saturated carbocycles. The quantitative estimate of drug-likeness (QED) is 0.137. The molecule has 1 unspecified atom stereocenters. The van der Waals surface area contributed by atoms with Crippen molar-refractivity contribution >= 4 is 35.9 Å². The first-order valence-corrected chi connectivity index (χ1v) is 9.55. The molecule has 7 nitrogen and oxygen atoms in total. The predicted molar refractivity (Wildman–Crippen MR) is 114 cm³/mol. The van der Waals surface area contributed by atoms with Gasteiger partial charge in [0, 0.05) is 39.8 Å². The Hall–Kier alpha value is -0.610. The van der Waals surface area contributed by atoms with Gasteiger partial charge in [-0.2, -0.15) is 0 Å². The molecule has 8 heteroatoms. The van der Waals surface area contributed by atoms with Crippen LogP contribution in [0, 0.1) is 0 Å². The van der Waals surface area contributed by atoms with Crippen LogP contribution in [0.4, 0.5) is 0 Å². The number of esters is 1. The van der Waals surface area contributed by atoms with E-state index in [9.17, 15) is 4.79 Å². The summed E-state index contributed by atoms with van der Waals surface area (Å²) in [4.78, 5) is 15.4. The molecule has 1 rings (SSSR count). The third-order valence-electron chi connectivity index (χ3n) is 3.98. The summed E-state index contributed by atoms with van der Waals surface area (Å²) in [5.74, 6) is 0.741. The van der Waals surface area contributed by atoms with E-state index < -0.39 is 0 Å². The first-order valence-electron chi connectivity index (χ1n) is 9.55. The number of carbonyl (C=O) groups is 1. The van der Waals surface area contributed by atoms with Gasteiger partial charge in [0.1, 0.15) is 0 Å². The number of hydrogen-bond acceptors (Lipinski definition) is 5. The largest absolute Gasteiger partial charge is 0.466 e. The fraction of sp³-hybridized carbons (Fsp3) is 0.889. The Balaban J connectivity index is 0.00000625. The van der Waals surface area contributed by atoms with Gasteiger partial charge in [-0.3, -0.25) is 9.79 Å². The van der Waals surface area contributed by atoms with Gasteiger partial charge < -0.3 is 24.8 Å². The first kappa shape index (κ1) is 25.4. The number of hydrogen-bond donors (Lipinski definition) is 2. The minimum absolute atomic E-state index is 0. The lowest BCUT2D eigenvalue weighted by Crippen LogP contribution is -2.38. The summed E-state index contributed by atoms with van der Waals surface area (Å²) in [5.41, 5.74) is 0. The van der Waals surface area contributed by atoms with Crippen LogP contribution in [0.2, 0.25) is 0 Å². The molecule has 0 bridgehead atoms. The number of rotatable bonds is 13. The number of halogens is 1. The molecule has 0 spiro atoms. The van der Waals surface area contributed by atoms with Crippen LogP contribution in [-0.4, -0.2) is 64.6 Å². The highest BCUT2D eigenvalue weighted by Gasteiger charge is 2.15. The molecule has 26 heavy (non-hydrogen) atoms. The van der Waals surface area contributed by atoms with Crippen molar-refractivity contribution in [3.63, 3.8) is 0 Å². The van der Waals surface area contributed by atoms with Gasteiger partial charge >= 0.3 is 5.97 Å². The van der Waals surface area contributed by atoms with Gasteiger partial charge in [-0.1, -0.05) is 12.8 Å². The third-order valence-corrected chi connectivity index (χ3v) is 3.98. The summed E-state index contributed by atoms with van der Waals surface area (Å²) in [5, 5.41) is 6.60. The Morgan fingerprint density at radius 1 is 1.15 bits per heavy atom. The summed E-state index contributed by atoms with van der Waals surface area (Å²) in [6.45, 7) is 6.33. The number of ether oxygens (including phenoxy) is 3. The van der Waals surface area contributed by atoms with E-state index in [0.717, 1.165) is 77.4 Å². The van der Waals surface area contributed by atoms with Gasteiger partial charge in [-0.05, 0) is 32.6 Å². The number of nitrogens with zero attached hydrogens (tertiary/aromatic N) is 1. The van der Waals surface area contributed by atoms with Gasteiger partial charge in [-0.25, -0.2) is 0 Å². The number of aliphatic imine (C=N–C) groups is 1. The fourth-order valence-corrected chi connectivity index (χ4v) is 2.58. The average Bonchev–Trinajstić information content (AvgIpc) is 3.12. The molecule has 0 aromatic rings. The summed E-state index contributed by atoms with van der Waals surface area (Å²) in [6.07, 6.45) is 6.88. The van der Waals surface area contributed by atoms with E-state index in [2.05, 4.69) is 15.6 Å². The molecule has 2 N–H and O–H groups in total. The third kappa shape index (κ3) is 13.6. The van der Waals surface area contributed by atoms with Crippen molar-refractivity contribution in [2.45, 2.75) is 58.0 Å². The number of guanidine groups is 1. The summed E-state index contributed by atoms with van der Waals surface area (Å²) < 4.78 is 15.9. The topological polar surface area (TPSA) is 81.2 Å². The Morgan fingerprint density at radius 3 is 2.54 bits per heavy atom. The molecule has 0 aromatic carbocycles. The summed E-state index contributed by atoms with van der Waals surface area (Å²) in [7, 11) is 1.78. The Kier molecular flexibility index (Phi) is 17.4. The molecule has 1 atom stereocenters. The van der Waals surface area contributed by atoms with Crippen LogP contribution in [0.1, 0.15) is 51.9 Å². The maximum atomic E-state index is 11.2. The number of carbonyl (C=O) groups excluding carboxylic acids is 1. The molecule has 1 fully saturated rings. The molecular weight excluding hydrogens is 449 g/mol. The van der Waals surface area contributed by atoms with E-state index in [-0.39, 0.29) is 36.0 Å². The Labute approximate surface area is 175 Å². The van der Waals surface area contributed by atoms with Crippen molar-refractivity contribution in [2.24, 2.45) is 4.99 Å². The zero-order valence-electron chi connectivity index (χ0n) is 16.3. The Morgan fingerprint density at radius 2 is 1.88 bits per heavy atom. The lowest BCUT2D eigenvalue weighted by atomic mass is 10.1. The molecule has 0 radical (unpaired) electrons. The van der Waals surface area contributed by atoms with Gasteiger partial charge in [0.2, 0.25) is 0 Å². The fourth-order valence-electron chi connectivity index (χ4n) is 2.58. The van der Waals surface area contributed by atoms with Crippen LogP contribution in [0.25, 0.3) is 0 Å². The van der Waals surface area contributed by atoms with Crippen LogP contribution in [0.5, 0.6) is 0 Å². The highest BCUT2D eigenvalue weighted by molar-refractivity contribution is 14.0. The second kappa shape index (κ2) is 17.8. The summed E-state index contributed by atoms with van der Waals surface area (Å²) >= 11 is 0. The highest BCUT2D eigenvalue weighted by Crippen LogP contribution is 2.07. The van der Waals surface area contributed by atoms with Gasteiger partial charge in [-0.15, -0.1) is 24.0 Å². The number of unbranched alkanes of at least 4 members (excludes halogenated alkanes) is 3. The molecule has 154 valence electrons. The zero-order valence-corrected chi connectivity index (χ0v) is 18.6. The predicted octanol–water partition coefficient (Wildman–Crippen LogP) is 2.48. The lowest BCUT2D eigenvalue weighted by Gasteiger charge is -2.13. The average molecular weight is 485 g/mol. The minimum atomic E-state index is -0.0883. The van der Waals surface area contributed by atoms with E-state index in [1.165, 1.54) is 0 Å². The molecule has 0 aromatic heterocycles. The van der Waals surface area contributed by atoms with E-state index >= 15 is 0 Å². The van der Waals surface area contributed by atoms with Crippen LogP contribution in [-0.2, 0) is 19.0 Å². The van der Waals surface area contributed by atoms with E-state index in [0.29, 0.717) is 13.0 Å². The molecule has 1 aliphatic heterocycles. The van der Waals surface area contributed by atoms with Crippen molar-refractivity contribution in [3.8, 4) is 0 Å². The van der Waals surface area contributed by atoms with Crippen molar-refractivity contribution in [2.75, 3.05) is 46.6 Å². The van der Waals surface area contributed by atoms with Crippen molar-refractivity contribution in [3.05, 3.63) is 0 Å². The maximum absolute atomic E-state index is 11.2. The van der Waals surface area contributed by atoms with Gasteiger partial charge in [0.25, 0.3) is 0 Å².